The van der Waals surface area contributed by atoms with E-state index in [-0.39, 0.29) is 11.2 Å². The number of aromatic nitrogens is 7. The van der Waals surface area contributed by atoms with Crippen LogP contribution >= 0.6 is 23.1 Å². The zero-order valence-corrected chi connectivity index (χ0v) is 15.1. The maximum atomic E-state index is 5.79. The highest BCUT2D eigenvalue weighted by atomic mass is 32.2. The molecule has 3 heterocycles. The van der Waals surface area contributed by atoms with Crippen LogP contribution in [-0.2, 0) is 6.54 Å². The number of thioether (sulfide) groups is 1. The van der Waals surface area contributed by atoms with Crippen molar-refractivity contribution >= 4 is 35.0 Å². The van der Waals surface area contributed by atoms with Gasteiger partial charge in [-0.2, -0.15) is 15.0 Å². The summed E-state index contributed by atoms with van der Waals surface area (Å²) < 4.78 is 1.77. The lowest BCUT2D eigenvalue weighted by Gasteiger charge is -2.14. The average molecular weight is 363 g/mol. The number of hydrogen-bond donors (Lipinski definition) is 1. The minimum Gasteiger partial charge on any atom is -0.368 e. The molecule has 0 fully saturated rings. The number of anilines is 2. The standard InChI is InChI=1S/C13H17N9S2/c1-8(10-15-11(14)17-12(16-10)21(2)3)24-13-18-19-20-22(13)7-9-5-4-6-23-9/h4-6,8H,7H2,1-3H3,(H2,14,15,16,17). The van der Waals surface area contributed by atoms with Crippen LogP contribution in [0.4, 0.5) is 11.9 Å². The summed E-state index contributed by atoms with van der Waals surface area (Å²) in [6.45, 7) is 2.63. The highest BCUT2D eigenvalue weighted by Crippen LogP contribution is 2.32. The SMILES string of the molecule is CC(Sc1nnnn1Cc1cccs1)c1nc(N)nc(N(C)C)n1. The smallest absolute Gasteiger partial charge is 0.229 e. The quantitative estimate of drug-likeness (QED) is 0.650. The zero-order chi connectivity index (χ0) is 17.1. The minimum absolute atomic E-state index is 0.0675. The summed E-state index contributed by atoms with van der Waals surface area (Å²) in [6.07, 6.45) is 0. The number of nitrogens with zero attached hydrogens (tertiary/aromatic N) is 8. The second-order valence-corrected chi connectivity index (χ2v) is 7.54. The normalized spacial score (nSPS) is 12.3. The van der Waals surface area contributed by atoms with Gasteiger partial charge in [0, 0.05) is 19.0 Å². The lowest BCUT2D eigenvalue weighted by atomic mass is 10.4. The highest BCUT2D eigenvalue weighted by molar-refractivity contribution is 7.99. The molecule has 11 heteroatoms. The molecule has 0 amide bonds. The molecular weight excluding hydrogens is 346 g/mol. The topological polar surface area (TPSA) is 112 Å². The maximum Gasteiger partial charge on any atom is 0.229 e. The molecule has 0 aromatic carbocycles. The van der Waals surface area contributed by atoms with Gasteiger partial charge in [-0.15, -0.1) is 16.4 Å². The Hall–Kier alpha value is -2.27. The van der Waals surface area contributed by atoms with Crippen molar-refractivity contribution in [2.75, 3.05) is 24.7 Å². The largest absolute Gasteiger partial charge is 0.368 e. The van der Waals surface area contributed by atoms with E-state index in [1.807, 2.05) is 32.5 Å². The Morgan fingerprint density at radius 2 is 2.17 bits per heavy atom. The molecular formula is C13H17N9S2. The molecule has 0 aliphatic rings. The van der Waals surface area contributed by atoms with Crippen LogP contribution in [0, 0.1) is 0 Å². The van der Waals surface area contributed by atoms with E-state index in [9.17, 15) is 0 Å². The number of hydrogen-bond acceptors (Lipinski definition) is 10. The molecule has 126 valence electrons. The maximum absolute atomic E-state index is 5.79. The fourth-order valence-corrected chi connectivity index (χ4v) is 3.44. The molecule has 0 spiro atoms. The van der Waals surface area contributed by atoms with E-state index in [4.69, 9.17) is 5.73 Å². The summed E-state index contributed by atoms with van der Waals surface area (Å²) in [6, 6.07) is 4.07. The van der Waals surface area contributed by atoms with Gasteiger partial charge in [-0.1, -0.05) is 17.8 Å². The fraction of sp³-hybridized carbons (Fsp3) is 0.385. The predicted octanol–water partition coefficient (Wildman–Crippen LogP) is 1.47. The van der Waals surface area contributed by atoms with Crippen LogP contribution in [0.1, 0.15) is 22.9 Å². The van der Waals surface area contributed by atoms with Gasteiger partial charge in [-0.25, -0.2) is 4.68 Å². The Morgan fingerprint density at radius 1 is 1.33 bits per heavy atom. The van der Waals surface area contributed by atoms with Crippen LogP contribution in [0.2, 0.25) is 0 Å². The molecule has 0 bridgehead atoms. The van der Waals surface area contributed by atoms with E-state index in [1.165, 1.54) is 16.6 Å². The summed E-state index contributed by atoms with van der Waals surface area (Å²) >= 11 is 3.16. The van der Waals surface area contributed by atoms with Crippen molar-refractivity contribution in [3.05, 3.63) is 28.2 Å². The fourth-order valence-electron chi connectivity index (χ4n) is 1.92. The third-order valence-electron chi connectivity index (χ3n) is 3.09. The third kappa shape index (κ3) is 3.79. The molecule has 1 unspecified atom stereocenters. The van der Waals surface area contributed by atoms with Gasteiger partial charge in [-0.3, -0.25) is 0 Å². The van der Waals surface area contributed by atoms with E-state index in [0.29, 0.717) is 23.5 Å². The van der Waals surface area contributed by atoms with Crippen molar-refractivity contribution in [1.29, 1.82) is 0 Å². The van der Waals surface area contributed by atoms with Gasteiger partial charge in [-0.05, 0) is 28.8 Å². The Labute approximate surface area is 147 Å². The average Bonchev–Trinajstić information content (AvgIpc) is 3.19. The lowest BCUT2D eigenvalue weighted by Crippen LogP contribution is -2.16. The van der Waals surface area contributed by atoms with Gasteiger partial charge in [0.25, 0.3) is 0 Å². The van der Waals surface area contributed by atoms with Gasteiger partial charge < -0.3 is 10.6 Å². The first-order chi connectivity index (χ1) is 11.5. The molecule has 3 aromatic heterocycles. The molecule has 0 saturated heterocycles. The molecule has 3 rings (SSSR count). The molecule has 3 aromatic rings. The van der Waals surface area contributed by atoms with Crippen LogP contribution in [0.15, 0.2) is 22.7 Å². The van der Waals surface area contributed by atoms with Crippen molar-refractivity contribution in [3.63, 3.8) is 0 Å². The van der Waals surface area contributed by atoms with Gasteiger partial charge in [0.15, 0.2) is 0 Å². The second-order valence-electron chi connectivity index (χ2n) is 5.20. The van der Waals surface area contributed by atoms with Gasteiger partial charge >= 0.3 is 0 Å². The molecule has 2 N–H and O–H groups in total. The van der Waals surface area contributed by atoms with Crippen LogP contribution < -0.4 is 10.6 Å². The Morgan fingerprint density at radius 3 is 2.88 bits per heavy atom. The Bertz CT molecular complexity index is 800. The van der Waals surface area contributed by atoms with E-state index in [2.05, 4.69) is 36.5 Å². The lowest BCUT2D eigenvalue weighted by molar-refractivity contribution is 0.607. The van der Waals surface area contributed by atoms with E-state index in [1.54, 1.807) is 20.9 Å². The number of rotatable bonds is 6. The molecule has 24 heavy (non-hydrogen) atoms. The highest BCUT2D eigenvalue weighted by Gasteiger charge is 2.18. The van der Waals surface area contributed by atoms with Crippen LogP contribution in [-0.4, -0.2) is 49.3 Å². The summed E-state index contributed by atoms with van der Waals surface area (Å²) in [7, 11) is 3.72. The predicted molar refractivity (Wildman–Crippen MR) is 94.1 cm³/mol. The number of tetrazole rings is 1. The van der Waals surface area contributed by atoms with Crippen molar-refractivity contribution in [2.24, 2.45) is 0 Å². The van der Waals surface area contributed by atoms with E-state index >= 15 is 0 Å². The van der Waals surface area contributed by atoms with E-state index in [0.717, 1.165) is 0 Å². The van der Waals surface area contributed by atoms with Crippen molar-refractivity contribution in [3.8, 4) is 0 Å². The first-order valence-corrected chi connectivity index (χ1v) is 8.93. The number of nitrogen functional groups attached to an aromatic ring is 1. The van der Waals surface area contributed by atoms with Crippen molar-refractivity contribution < 1.29 is 0 Å². The second kappa shape index (κ2) is 7.09. The monoisotopic (exact) mass is 363 g/mol. The molecule has 0 saturated carbocycles. The summed E-state index contributed by atoms with van der Waals surface area (Å²) in [4.78, 5) is 15.8. The zero-order valence-electron chi connectivity index (χ0n) is 13.5. The van der Waals surface area contributed by atoms with Crippen LogP contribution in [0.3, 0.4) is 0 Å². The third-order valence-corrected chi connectivity index (χ3v) is 5.02. The first-order valence-electron chi connectivity index (χ1n) is 7.17. The summed E-state index contributed by atoms with van der Waals surface area (Å²) in [5, 5.41) is 14.6. The summed E-state index contributed by atoms with van der Waals surface area (Å²) in [5.41, 5.74) is 5.79. The van der Waals surface area contributed by atoms with E-state index < -0.39 is 0 Å². The van der Waals surface area contributed by atoms with Gasteiger partial charge in [0.1, 0.15) is 5.82 Å². The molecule has 0 radical (unpaired) electrons. The Kier molecular flexibility index (Phi) is 4.90. The minimum atomic E-state index is -0.0675. The van der Waals surface area contributed by atoms with Crippen LogP contribution in [0.25, 0.3) is 0 Å². The molecule has 9 nitrogen and oxygen atoms in total. The summed E-state index contributed by atoms with van der Waals surface area (Å²) in [5.74, 6) is 1.33. The molecule has 1 atom stereocenters. The van der Waals surface area contributed by atoms with Crippen molar-refractivity contribution in [2.45, 2.75) is 23.9 Å². The molecule has 0 aliphatic carbocycles. The van der Waals surface area contributed by atoms with Gasteiger partial charge in [0.05, 0.1) is 11.8 Å². The first kappa shape index (κ1) is 16.6. The Balaban J connectivity index is 1.78. The van der Waals surface area contributed by atoms with Gasteiger partial charge in [0.2, 0.25) is 17.1 Å². The number of nitrogens with two attached hydrogens (primary N) is 1. The van der Waals surface area contributed by atoms with Crippen molar-refractivity contribution in [1.82, 2.24) is 35.2 Å². The number of thiophene rings is 1. The molecule has 0 aliphatic heterocycles. The van der Waals surface area contributed by atoms with Crippen LogP contribution in [0.5, 0.6) is 0 Å².